The van der Waals surface area contributed by atoms with E-state index >= 15 is 0 Å². The van der Waals surface area contributed by atoms with Gasteiger partial charge in [0.15, 0.2) is 0 Å². The van der Waals surface area contributed by atoms with Gasteiger partial charge >= 0.3 is 29.6 Å². The Balaban J connectivity index is 0.000000919. The van der Waals surface area contributed by atoms with Crippen LogP contribution in [0.5, 0.6) is 0 Å². The van der Waals surface area contributed by atoms with Crippen molar-refractivity contribution in [1.29, 1.82) is 0 Å². The zero-order valence-electron chi connectivity index (χ0n) is 30.8. The summed E-state index contributed by atoms with van der Waals surface area (Å²) < 4.78 is 0. The first kappa shape index (κ1) is 45.0. The van der Waals surface area contributed by atoms with Gasteiger partial charge in [-0.25, -0.2) is 9.97 Å². The minimum absolute atomic E-state index is 0. The minimum atomic E-state index is -1.33. The van der Waals surface area contributed by atoms with E-state index in [1.807, 2.05) is 0 Å². The Morgan fingerprint density at radius 1 is 0.680 bits per heavy atom. The SMILES string of the molecule is CCCC1=C(C)c2cc3[n-]c(cc4nc(cc5[n-]c(cc1n2)c(CCC)c5C)C(CC)=C4C)c(CC)c3C.[Co].[NH-]CC(=O)O.[NH-]CC(=O)[O-].[Na+]. The Hall–Kier alpha value is -3.03. The van der Waals surface area contributed by atoms with Crippen molar-refractivity contribution < 1.29 is 66.1 Å². The molecule has 1 radical (unpaired) electrons. The Morgan fingerprint density at radius 2 is 1.08 bits per heavy atom. The number of aryl methyl sites for hydroxylation is 4. The molecular formula is C38H47CoN6NaO4-4. The Morgan fingerprint density at radius 3 is 1.52 bits per heavy atom. The molecule has 0 spiro atoms. The van der Waals surface area contributed by atoms with E-state index < -0.39 is 25.0 Å². The summed E-state index contributed by atoms with van der Waals surface area (Å²) in [5, 5.41) is 16.6. The first-order valence-electron chi connectivity index (χ1n) is 16.6. The van der Waals surface area contributed by atoms with Crippen LogP contribution < -0.4 is 44.6 Å². The number of nitrogens with zero attached hydrogens (tertiary/aromatic N) is 4. The molecule has 0 saturated heterocycles. The number of fused-ring (bicyclic) bond motifs is 8. The van der Waals surface area contributed by atoms with Crippen LogP contribution in [0.15, 0.2) is 24.3 Å². The number of aromatic nitrogens is 4. The summed E-state index contributed by atoms with van der Waals surface area (Å²) in [4.78, 5) is 38.9. The van der Waals surface area contributed by atoms with Crippen molar-refractivity contribution in [1.82, 2.24) is 19.9 Å². The number of carbonyl (C=O) groups is 2. The normalized spacial score (nSPS) is 11.9. The van der Waals surface area contributed by atoms with Gasteiger partial charge in [0.25, 0.3) is 5.97 Å². The van der Waals surface area contributed by atoms with Crippen LogP contribution >= 0.6 is 0 Å². The largest absolute Gasteiger partial charge is 1.00 e. The quantitative estimate of drug-likeness (QED) is 0.324. The second-order valence-electron chi connectivity index (χ2n) is 11.8. The van der Waals surface area contributed by atoms with Gasteiger partial charge in [-0.05, 0) is 75.7 Å². The van der Waals surface area contributed by atoms with E-state index in [2.05, 4.69) is 79.7 Å². The monoisotopic (exact) mass is 733 g/mol. The molecule has 2 aliphatic heterocycles. The number of aliphatic carboxylic acids is 2. The molecule has 0 aromatic carbocycles. The summed E-state index contributed by atoms with van der Waals surface area (Å²) >= 11 is 0. The van der Waals surface area contributed by atoms with Gasteiger partial charge in [-0.15, -0.1) is 28.6 Å². The fraction of sp³-hybridized carbons (Fsp3) is 0.421. The molecule has 267 valence electrons. The molecule has 8 bridgehead atoms. The van der Waals surface area contributed by atoms with Crippen LogP contribution in [-0.4, -0.2) is 40.1 Å². The molecule has 50 heavy (non-hydrogen) atoms. The second kappa shape index (κ2) is 20.7. The summed E-state index contributed by atoms with van der Waals surface area (Å²) in [5.41, 5.74) is 30.5. The molecule has 0 amide bonds. The van der Waals surface area contributed by atoms with Gasteiger partial charge in [0.1, 0.15) is 0 Å². The summed E-state index contributed by atoms with van der Waals surface area (Å²) in [6, 6.07) is 8.81. The van der Waals surface area contributed by atoms with E-state index in [-0.39, 0.29) is 46.3 Å². The minimum Gasteiger partial charge on any atom is -0.673 e. The molecule has 3 aromatic heterocycles. The average Bonchev–Trinajstić information content (AvgIpc) is 3.72. The standard InChI is InChI=1S/C34H40N4.2C2H4NO2.Co.Na/c1-9-13-25-21(7)28-15-27-19(5)23(11-3)31(35-27)16-29-20(6)24(12-4)32(36-29)17-30-22(8)26(14-10-2)34(38-30)18-33(25)37-28;2*3-1-2(4)5;;/h15-18H,9-14H2,1-8H3;2*3H,1H2,(H,4,5);;/q-2;2*-1;;+1/p-1. The maximum absolute atomic E-state index is 9.18. The molecule has 3 N–H and O–H groups in total. The molecular weight excluding hydrogens is 686 g/mol. The predicted molar refractivity (Wildman–Crippen MR) is 193 cm³/mol. The third kappa shape index (κ3) is 10.5. The molecule has 0 saturated carbocycles. The number of carboxylic acids is 2. The summed E-state index contributed by atoms with van der Waals surface area (Å²) in [5.74, 6) is -2.41. The summed E-state index contributed by atoms with van der Waals surface area (Å²) in [6.07, 6.45) is 6.05. The predicted octanol–water partition coefficient (Wildman–Crippen LogP) is 4.69. The van der Waals surface area contributed by atoms with Gasteiger partial charge < -0.3 is 36.4 Å². The molecule has 0 unspecified atom stereocenters. The van der Waals surface area contributed by atoms with Crippen LogP contribution in [0.4, 0.5) is 0 Å². The second-order valence-corrected chi connectivity index (χ2v) is 11.8. The smallest absolute Gasteiger partial charge is 0.673 e. The first-order valence-corrected chi connectivity index (χ1v) is 16.6. The van der Waals surface area contributed by atoms with E-state index in [1.165, 1.54) is 44.5 Å². The van der Waals surface area contributed by atoms with Gasteiger partial charge in [-0.3, -0.25) is 4.79 Å². The van der Waals surface area contributed by atoms with Crippen LogP contribution in [0.1, 0.15) is 112 Å². The van der Waals surface area contributed by atoms with Crippen LogP contribution in [0.3, 0.4) is 0 Å². The van der Waals surface area contributed by atoms with Crippen molar-refractivity contribution in [3.05, 3.63) is 80.8 Å². The van der Waals surface area contributed by atoms with Gasteiger partial charge in [-0.2, -0.15) is 0 Å². The Bertz CT molecular complexity index is 1890. The molecule has 0 aliphatic carbocycles. The molecule has 5 heterocycles. The van der Waals surface area contributed by atoms with E-state index in [1.54, 1.807) is 0 Å². The molecule has 2 aliphatic rings. The van der Waals surface area contributed by atoms with Crippen LogP contribution in [0.25, 0.3) is 55.8 Å². The maximum atomic E-state index is 9.18. The Kier molecular flexibility index (Phi) is 18.6. The molecule has 12 heteroatoms. The molecule has 10 nitrogen and oxygen atoms in total. The maximum Gasteiger partial charge on any atom is 1.00 e. The van der Waals surface area contributed by atoms with E-state index in [4.69, 9.17) is 46.4 Å². The number of carbonyl (C=O) groups excluding carboxylic acids is 1. The van der Waals surface area contributed by atoms with E-state index in [0.717, 1.165) is 83.4 Å². The van der Waals surface area contributed by atoms with Gasteiger partial charge in [0.05, 0.1) is 22.8 Å². The van der Waals surface area contributed by atoms with Gasteiger partial charge in [0, 0.05) is 22.7 Å². The van der Waals surface area contributed by atoms with Crippen molar-refractivity contribution in [2.75, 3.05) is 13.1 Å². The van der Waals surface area contributed by atoms with Crippen LogP contribution in [0.2, 0.25) is 0 Å². The summed E-state index contributed by atoms with van der Waals surface area (Å²) in [6.45, 7) is 16.5. The van der Waals surface area contributed by atoms with E-state index in [9.17, 15) is 4.79 Å². The fourth-order valence-corrected chi connectivity index (χ4v) is 6.09. The van der Waals surface area contributed by atoms with Crippen LogP contribution in [-0.2, 0) is 39.2 Å². The van der Waals surface area contributed by atoms with Crippen molar-refractivity contribution in [2.24, 2.45) is 0 Å². The number of hydrogen-bond donors (Lipinski definition) is 1. The number of hydrogen-bond acceptors (Lipinski definition) is 5. The van der Waals surface area contributed by atoms with Crippen molar-refractivity contribution in [3.63, 3.8) is 0 Å². The fourth-order valence-electron chi connectivity index (χ4n) is 6.09. The number of allylic oxidation sites excluding steroid dienone is 4. The van der Waals surface area contributed by atoms with Gasteiger partial charge in [-0.1, -0.05) is 93.6 Å². The zero-order valence-corrected chi connectivity index (χ0v) is 33.8. The Labute approximate surface area is 328 Å². The number of rotatable bonds is 8. The molecule has 5 rings (SSSR count). The molecule has 0 atom stereocenters. The van der Waals surface area contributed by atoms with Crippen LogP contribution in [0, 0.1) is 13.8 Å². The van der Waals surface area contributed by atoms with Crippen molar-refractivity contribution in [2.45, 2.75) is 93.9 Å². The third-order valence-corrected chi connectivity index (χ3v) is 8.64. The number of nitrogens with one attached hydrogen (secondary N) is 2. The third-order valence-electron chi connectivity index (χ3n) is 8.64. The summed E-state index contributed by atoms with van der Waals surface area (Å²) in [7, 11) is 0. The zero-order chi connectivity index (χ0) is 35.7. The average molecular weight is 734 g/mol. The van der Waals surface area contributed by atoms with E-state index in [0.29, 0.717) is 0 Å². The topological polar surface area (TPSA) is 179 Å². The molecule has 0 fully saturated rings. The molecule has 3 aromatic rings. The van der Waals surface area contributed by atoms with Crippen molar-refractivity contribution in [3.8, 4) is 0 Å². The van der Waals surface area contributed by atoms with Crippen molar-refractivity contribution >= 4 is 56.3 Å². The number of carboxylic acid groups (broad SMARTS) is 2. The van der Waals surface area contributed by atoms with Gasteiger partial charge in [0.2, 0.25) is 0 Å². The first-order chi connectivity index (χ1) is 22.8.